The predicted octanol–water partition coefficient (Wildman–Crippen LogP) is 1.79. The minimum absolute atomic E-state index is 0.0113. The number of carbonyl (C=O) groups excluding carboxylic acids is 1. The third-order valence-corrected chi connectivity index (χ3v) is 5.68. The SMILES string of the molecule is COCC[n+]1cc(NC(=O)CSc2nc(N)c(C#N)c(-c3cccs3)c2C#N)on1. The van der Waals surface area contributed by atoms with Gasteiger partial charge in [0.15, 0.2) is 0 Å². The molecule has 0 unspecified atom stereocenters. The second-order valence-electron chi connectivity index (χ2n) is 5.79. The van der Waals surface area contributed by atoms with E-state index in [2.05, 4.69) is 21.6 Å². The van der Waals surface area contributed by atoms with Crippen molar-refractivity contribution in [2.75, 3.05) is 30.5 Å². The molecule has 3 aromatic rings. The van der Waals surface area contributed by atoms with Crippen LogP contribution in [0.25, 0.3) is 10.4 Å². The third-order valence-electron chi connectivity index (χ3n) is 3.82. The summed E-state index contributed by atoms with van der Waals surface area (Å²) in [6.45, 7) is 0.936. The maximum Gasteiger partial charge on any atom is 0.302 e. The zero-order chi connectivity index (χ0) is 21.5. The van der Waals surface area contributed by atoms with E-state index in [0.29, 0.717) is 18.7 Å². The fraction of sp³-hybridized carbons (Fsp3) is 0.222. The van der Waals surface area contributed by atoms with Crippen LogP contribution < -0.4 is 15.7 Å². The fourth-order valence-electron chi connectivity index (χ4n) is 2.50. The number of nitriles is 2. The molecule has 3 rings (SSSR count). The van der Waals surface area contributed by atoms with Crippen molar-refractivity contribution in [1.29, 1.82) is 10.5 Å². The van der Waals surface area contributed by atoms with E-state index in [1.54, 1.807) is 13.2 Å². The van der Waals surface area contributed by atoms with Gasteiger partial charge in [0.25, 0.3) is 6.20 Å². The number of rotatable bonds is 8. The molecule has 0 bridgehead atoms. The number of carbonyl (C=O) groups is 1. The first-order valence-corrected chi connectivity index (χ1v) is 10.4. The number of anilines is 2. The monoisotopic (exact) mass is 442 g/mol. The van der Waals surface area contributed by atoms with Crippen molar-refractivity contribution in [3.63, 3.8) is 0 Å². The van der Waals surface area contributed by atoms with Crippen LogP contribution in [0.5, 0.6) is 0 Å². The molecular weight excluding hydrogens is 426 g/mol. The van der Waals surface area contributed by atoms with Gasteiger partial charge in [0, 0.05) is 17.6 Å². The Morgan fingerprint density at radius 2 is 2.23 bits per heavy atom. The van der Waals surface area contributed by atoms with Crippen LogP contribution in [-0.2, 0) is 16.1 Å². The molecule has 0 saturated carbocycles. The summed E-state index contributed by atoms with van der Waals surface area (Å²) < 4.78 is 11.5. The highest BCUT2D eigenvalue weighted by Crippen LogP contribution is 2.37. The van der Waals surface area contributed by atoms with E-state index in [1.807, 2.05) is 17.5 Å². The number of nitrogens with two attached hydrogens (primary N) is 1. The topological polar surface area (TPSA) is 155 Å². The largest absolute Gasteiger partial charge is 0.383 e. The van der Waals surface area contributed by atoms with Gasteiger partial charge in [-0.3, -0.25) is 14.6 Å². The second kappa shape index (κ2) is 9.84. The summed E-state index contributed by atoms with van der Waals surface area (Å²) in [5, 5.41) is 27.6. The summed E-state index contributed by atoms with van der Waals surface area (Å²) in [4.78, 5) is 17.2. The van der Waals surface area contributed by atoms with Crippen molar-refractivity contribution in [2.24, 2.45) is 0 Å². The molecule has 0 atom stereocenters. The summed E-state index contributed by atoms with van der Waals surface area (Å²) in [6.07, 6.45) is 1.54. The number of nitrogen functional groups attached to an aromatic ring is 1. The zero-order valence-electron chi connectivity index (χ0n) is 15.8. The lowest BCUT2D eigenvalue weighted by molar-refractivity contribution is -0.763. The van der Waals surface area contributed by atoms with Crippen molar-refractivity contribution in [3.05, 3.63) is 34.8 Å². The normalized spacial score (nSPS) is 10.4. The summed E-state index contributed by atoms with van der Waals surface area (Å²) in [5.74, 6) is -0.224. The summed E-state index contributed by atoms with van der Waals surface area (Å²) in [6, 6.07) is 7.72. The van der Waals surface area contributed by atoms with Crippen molar-refractivity contribution < 1.29 is 18.7 Å². The van der Waals surface area contributed by atoms with E-state index in [4.69, 9.17) is 15.0 Å². The number of ether oxygens (including phenoxy) is 1. The Kier molecular flexibility index (Phi) is 6.98. The van der Waals surface area contributed by atoms with Crippen LogP contribution >= 0.6 is 23.1 Å². The van der Waals surface area contributed by atoms with E-state index in [1.165, 1.54) is 22.2 Å². The minimum atomic E-state index is -0.374. The Morgan fingerprint density at radius 3 is 2.90 bits per heavy atom. The number of methoxy groups -OCH3 is 1. The van der Waals surface area contributed by atoms with Gasteiger partial charge in [0.05, 0.1) is 11.3 Å². The molecule has 12 heteroatoms. The van der Waals surface area contributed by atoms with Crippen LogP contribution in [0, 0.1) is 22.7 Å². The highest BCUT2D eigenvalue weighted by atomic mass is 32.2. The number of thiophene rings is 1. The quantitative estimate of drug-likeness (QED) is 0.392. The third kappa shape index (κ3) is 4.75. The Morgan fingerprint density at radius 1 is 1.43 bits per heavy atom. The standard InChI is InChI=1S/C18H15N7O3S2/c1-27-5-4-25-9-15(28-24-25)22-14(26)10-30-18-12(8-20)16(13-3-2-6-29-13)11(7-19)17(21)23-18/h2-3,6,9H,4-5,10H2,1H3,(H2-,21,22,23,24,26)/p+1. The van der Waals surface area contributed by atoms with Crippen molar-refractivity contribution in [2.45, 2.75) is 11.6 Å². The molecule has 3 heterocycles. The summed E-state index contributed by atoms with van der Waals surface area (Å²) >= 11 is 2.43. The van der Waals surface area contributed by atoms with E-state index < -0.39 is 0 Å². The Labute approximate surface area is 179 Å². The van der Waals surface area contributed by atoms with Crippen molar-refractivity contribution in [3.8, 4) is 22.6 Å². The Hall–Kier alpha value is -3.45. The molecule has 152 valence electrons. The lowest BCUT2D eigenvalue weighted by atomic mass is 10.0. The molecule has 0 aliphatic carbocycles. The molecule has 10 nitrogen and oxygen atoms in total. The predicted molar refractivity (Wildman–Crippen MR) is 109 cm³/mol. The molecule has 0 saturated heterocycles. The van der Waals surface area contributed by atoms with Crippen LogP contribution in [0.3, 0.4) is 0 Å². The van der Waals surface area contributed by atoms with Crippen molar-refractivity contribution in [1.82, 2.24) is 10.3 Å². The molecule has 0 radical (unpaired) electrons. The smallest absolute Gasteiger partial charge is 0.302 e. The molecule has 0 aliphatic rings. The number of amides is 1. The van der Waals surface area contributed by atoms with E-state index in [-0.39, 0.29) is 39.5 Å². The van der Waals surface area contributed by atoms with Gasteiger partial charge in [-0.15, -0.1) is 11.3 Å². The van der Waals surface area contributed by atoms with Gasteiger partial charge in [-0.2, -0.15) is 10.5 Å². The van der Waals surface area contributed by atoms with Crippen LogP contribution in [0.15, 0.2) is 33.3 Å². The van der Waals surface area contributed by atoms with Gasteiger partial charge in [0.2, 0.25) is 17.7 Å². The molecule has 30 heavy (non-hydrogen) atoms. The van der Waals surface area contributed by atoms with Gasteiger partial charge in [-0.1, -0.05) is 17.8 Å². The van der Waals surface area contributed by atoms with Crippen LogP contribution in [0.4, 0.5) is 11.7 Å². The zero-order valence-corrected chi connectivity index (χ0v) is 17.4. The fourth-order valence-corrected chi connectivity index (χ4v) is 4.08. The number of nitrogens with one attached hydrogen (secondary N) is 1. The average molecular weight is 443 g/mol. The number of thioether (sulfide) groups is 1. The first-order chi connectivity index (χ1) is 14.6. The molecule has 0 fully saturated rings. The lowest BCUT2D eigenvalue weighted by Gasteiger charge is -2.11. The number of aromatic nitrogens is 3. The second-order valence-corrected chi connectivity index (χ2v) is 7.70. The highest BCUT2D eigenvalue weighted by Gasteiger charge is 2.22. The Bertz CT molecular complexity index is 1130. The molecule has 0 spiro atoms. The molecular formula is C18H16N7O3S2+. The van der Waals surface area contributed by atoms with E-state index in [9.17, 15) is 15.3 Å². The van der Waals surface area contributed by atoms with E-state index in [0.717, 1.165) is 16.6 Å². The molecule has 0 aliphatic heterocycles. The maximum atomic E-state index is 12.3. The van der Waals surface area contributed by atoms with Gasteiger partial charge in [0.1, 0.15) is 35.2 Å². The van der Waals surface area contributed by atoms with Gasteiger partial charge in [-0.05, 0) is 16.1 Å². The minimum Gasteiger partial charge on any atom is -0.383 e. The number of hydrogen-bond acceptors (Lipinski definition) is 10. The Balaban J connectivity index is 1.77. The molecule has 3 aromatic heterocycles. The molecule has 1 amide bonds. The highest BCUT2D eigenvalue weighted by molar-refractivity contribution is 8.00. The van der Waals surface area contributed by atoms with Crippen molar-refractivity contribution >= 4 is 40.7 Å². The van der Waals surface area contributed by atoms with Gasteiger partial charge in [-0.25, -0.2) is 4.98 Å². The summed E-state index contributed by atoms with van der Waals surface area (Å²) in [7, 11) is 1.57. The van der Waals surface area contributed by atoms with Gasteiger partial charge >= 0.3 is 5.88 Å². The first kappa shape index (κ1) is 21.3. The lowest BCUT2D eigenvalue weighted by Crippen LogP contribution is -2.36. The van der Waals surface area contributed by atoms with E-state index >= 15 is 0 Å². The number of hydrogen-bond donors (Lipinski definition) is 2. The maximum absolute atomic E-state index is 12.3. The molecule has 3 N–H and O–H groups in total. The summed E-state index contributed by atoms with van der Waals surface area (Å²) in [5.41, 5.74) is 6.73. The number of pyridine rings is 1. The first-order valence-electron chi connectivity index (χ1n) is 8.53. The van der Waals surface area contributed by atoms with Crippen LogP contribution in [0.1, 0.15) is 11.1 Å². The van der Waals surface area contributed by atoms with Crippen LogP contribution in [-0.4, -0.2) is 35.6 Å². The molecule has 0 aromatic carbocycles. The number of nitrogens with zero attached hydrogens (tertiary/aromatic N) is 5. The van der Waals surface area contributed by atoms with Crippen LogP contribution in [0.2, 0.25) is 0 Å². The van der Waals surface area contributed by atoms with Gasteiger partial charge < -0.3 is 10.5 Å². The average Bonchev–Trinajstić information content (AvgIpc) is 3.42.